The van der Waals surface area contributed by atoms with Crippen molar-refractivity contribution in [3.8, 4) is 37.0 Å². The average molecular weight is 725 g/mol. The Morgan fingerprint density at radius 1 is 0.382 bits per heavy atom. The summed E-state index contributed by atoms with van der Waals surface area (Å²) in [5, 5.41) is 0. The quantitative estimate of drug-likeness (QED) is 0.203. The molecule has 0 nitrogen and oxygen atoms in total. The molecular formula is C55H64. The predicted octanol–water partition coefficient (Wildman–Crippen LogP) is 12.8. The summed E-state index contributed by atoms with van der Waals surface area (Å²) in [7, 11) is 0. The standard InChI is InChI=1S/C16H24.C15H22.3C8H6/c1-15-6-12-10-3-9-4-11(12)14(8-15)16(2,5-9)13(10)7-15;1-15-5-12-9-2-8-3-10(12)14(7-15)11(4-8)13(9)6-15;3*1-2-8-6-4-3-5-7-8/h9-14H,3-8H2,1-2H3;8-14H,2-7H2,1H3;3*1,3-7H. The van der Waals surface area contributed by atoms with E-state index in [-0.39, 0.29) is 0 Å². The highest BCUT2D eigenvalue weighted by molar-refractivity contribution is 5.32. The molecule has 0 saturated heterocycles. The minimum Gasteiger partial charge on any atom is -0.115 e. The third-order valence-corrected chi connectivity index (χ3v) is 18.0. The van der Waals surface area contributed by atoms with Gasteiger partial charge in [-0.1, -0.05) is 93.1 Å². The van der Waals surface area contributed by atoms with Gasteiger partial charge in [0.1, 0.15) is 0 Å². The van der Waals surface area contributed by atoms with E-state index < -0.39 is 0 Å². The summed E-state index contributed by atoms with van der Waals surface area (Å²) in [6.45, 7) is 7.92. The van der Waals surface area contributed by atoms with Crippen LogP contribution in [0.2, 0.25) is 0 Å². The third-order valence-electron chi connectivity index (χ3n) is 18.0. The molecule has 4 unspecified atom stereocenters. The summed E-state index contributed by atoms with van der Waals surface area (Å²) in [4.78, 5) is 0. The normalized spacial score (nSPS) is 44.8. The number of terminal acetylenes is 3. The Labute approximate surface area is 334 Å². The van der Waals surface area contributed by atoms with E-state index in [1.54, 1.807) is 77.0 Å². The van der Waals surface area contributed by atoms with Gasteiger partial charge in [0.2, 0.25) is 0 Å². The first-order valence-corrected chi connectivity index (χ1v) is 22.2. The van der Waals surface area contributed by atoms with Crippen LogP contribution in [0.15, 0.2) is 91.0 Å². The van der Waals surface area contributed by atoms with E-state index in [4.69, 9.17) is 19.3 Å². The second-order valence-electron chi connectivity index (χ2n) is 21.2. The highest BCUT2D eigenvalue weighted by atomic mass is 14.8. The zero-order valence-corrected chi connectivity index (χ0v) is 33.9. The molecule has 14 saturated carbocycles. The van der Waals surface area contributed by atoms with Crippen LogP contribution in [0.3, 0.4) is 0 Å². The molecule has 14 aliphatic rings. The van der Waals surface area contributed by atoms with Crippen LogP contribution in [0.1, 0.15) is 115 Å². The zero-order chi connectivity index (χ0) is 38.0. The van der Waals surface area contributed by atoms with Crippen LogP contribution in [-0.4, -0.2) is 0 Å². The lowest BCUT2D eigenvalue weighted by molar-refractivity contribution is -0.269. The highest BCUT2D eigenvalue weighted by Gasteiger charge is 2.70. The smallest absolute Gasteiger partial charge is 0.0242 e. The predicted molar refractivity (Wildman–Crippen MR) is 228 cm³/mol. The van der Waals surface area contributed by atoms with Crippen molar-refractivity contribution in [1.29, 1.82) is 0 Å². The molecule has 0 heterocycles. The molecule has 55 heavy (non-hydrogen) atoms. The molecule has 0 N–H and O–H groups in total. The lowest BCUT2D eigenvalue weighted by Gasteiger charge is -2.76. The van der Waals surface area contributed by atoms with Crippen molar-refractivity contribution in [3.63, 3.8) is 0 Å². The van der Waals surface area contributed by atoms with Gasteiger partial charge in [0.15, 0.2) is 0 Å². The number of benzene rings is 3. The Morgan fingerprint density at radius 2 is 0.691 bits per heavy atom. The molecule has 3 aromatic rings. The highest BCUT2D eigenvalue weighted by Crippen LogP contribution is 2.78. The number of hydrogen-bond acceptors (Lipinski definition) is 0. The summed E-state index contributed by atoms with van der Waals surface area (Å²) < 4.78 is 0. The maximum atomic E-state index is 5.10. The molecule has 0 aliphatic heterocycles. The van der Waals surface area contributed by atoms with Crippen molar-refractivity contribution >= 4 is 0 Å². The fourth-order valence-corrected chi connectivity index (χ4v) is 16.6. The van der Waals surface area contributed by atoms with Crippen LogP contribution in [0.5, 0.6) is 0 Å². The number of hydrogen-bond donors (Lipinski definition) is 0. The van der Waals surface area contributed by atoms with Gasteiger partial charge in [-0.2, -0.15) is 0 Å². The molecule has 0 heteroatoms. The molecule has 16 bridgehead atoms. The van der Waals surface area contributed by atoms with E-state index in [2.05, 4.69) is 38.5 Å². The van der Waals surface area contributed by atoms with E-state index in [1.165, 1.54) is 59.2 Å². The van der Waals surface area contributed by atoms with Gasteiger partial charge in [-0.25, -0.2) is 0 Å². The molecule has 0 spiro atoms. The molecule has 3 aromatic carbocycles. The summed E-state index contributed by atoms with van der Waals surface area (Å²) in [5.74, 6) is 22.9. The molecule has 0 radical (unpaired) electrons. The van der Waals surface area contributed by atoms with Crippen molar-refractivity contribution < 1.29 is 0 Å². The van der Waals surface area contributed by atoms with E-state index in [0.717, 1.165) is 50.7 Å². The Kier molecular flexibility index (Phi) is 9.66. The minimum absolute atomic E-state index is 0.774. The van der Waals surface area contributed by atoms with Gasteiger partial charge < -0.3 is 0 Å². The van der Waals surface area contributed by atoms with E-state index in [1.807, 2.05) is 91.0 Å². The lowest BCUT2D eigenvalue weighted by Crippen LogP contribution is -2.68. The van der Waals surface area contributed by atoms with Crippen molar-refractivity contribution in [3.05, 3.63) is 108 Å². The molecule has 17 rings (SSSR count). The van der Waals surface area contributed by atoms with Crippen LogP contribution >= 0.6 is 0 Å². The average Bonchev–Trinajstić information content (AvgIpc) is 3.22. The molecule has 0 amide bonds. The fourth-order valence-electron chi connectivity index (χ4n) is 16.6. The van der Waals surface area contributed by atoms with Gasteiger partial charge in [0, 0.05) is 16.7 Å². The maximum Gasteiger partial charge on any atom is 0.0242 e. The van der Waals surface area contributed by atoms with Crippen LogP contribution in [-0.2, 0) is 0 Å². The second kappa shape index (κ2) is 14.4. The van der Waals surface area contributed by atoms with Crippen molar-refractivity contribution in [1.82, 2.24) is 0 Å². The van der Waals surface area contributed by atoms with Crippen molar-refractivity contribution in [2.24, 2.45) is 93.2 Å². The van der Waals surface area contributed by atoms with E-state index in [9.17, 15) is 0 Å². The van der Waals surface area contributed by atoms with E-state index >= 15 is 0 Å². The fraction of sp³-hybridized carbons (Fsp3) is 0.564. The molecular weight excluding hydrogens is 661 g/mol. The first-order valence-electron chi connectivity index (χ1n) is 22.2. The monoisotopic (exact) mass is 725 g/mol. The van der Waals surface area contributed by atoms with Crippen molar-refractivity contribution in [2.45, 2.75) is 97.8 Å². The summed E-state index contributed by atoms with van der Waals surface area (Å²) in [5.41, 5.74) is 5.18. The maximum absolute atomic E-state index is 5.10. The van der Waals surface area contributed by atoms with Gasteiger partial charge in [-0.05, 0) is 207 Å². The minimum atomic E-state index is 0.774. The summed E-state index contributed by atoms with van der Waals surface area (Å²) in [6, 6.07) is 28.8. The lowest BCUT2D eigenvalue weighted by atomic mass is 9.29. The first-order chi connectivity index (χ1) is 26.6. The topological polar surface area (TPSA) is 0 Å². The van der Waals surface area contributed by atoms with Crippen LogP contribution in [0.4, 0.5) is 0 Å². The first kappa shape index (κ1) is 36.9. The van der Waals surface area contributed by atoms with Crippen LogP contribution < -0.4 is 0 Å². The Balaban J connectivity index is 0.0000000944. The Bertz CT molecular complexity index is 1730. The molecule has 4 atom stereocenters. The molecule has 14 fully saturated rings. The Morgan fingerprint density at radius 3 is 1.02 bits per heavy atom. The third kappa shape index (κ3) is 6.62. The number of rotatable bonds is 0. The van der Waals surface area contributed by atoms with Crippen LogP contribution in [0, 0.1) is 130 Å². The largest absolute Gasteiger partial charge is 0.115 e. The van der Waals surface area contributed by atoms with Gasteiger partial charge in [-0.3, -0.25) is 0 Å². The van der Waals surface area contributed by atoms with Crippen LogP contribution in [0.25, 0.3) is 0 Å². The summed E-state index contributed by atoms with van der Waals surface area (Å²) >= 11 is 0. The molecule has 284 valence electrons. The van der Waals surface area contributed by atoms with Gasteiger partial charge >= 0.3 is 0 Å². The summed E-state index contributed by atoms with van der Waals surface area (Å²) in [6.07, 6.45) is 34.8. The van der Waals surface area contributed by atoms with E-state index in [0.29, 0.717) is 0 Å². The zero-order valence-electron chi connectivity index (χ0n) is 33.9. The second-order valence-corrected chi connectivity index (χ2v) is 21.2. The SMILES string of the molecule is C#Cc1ccccc1.C#Cc1ccccc1.C#Cc1ccccc1.CC12CC3C4CC5CC3C(C1)C(C)(C5)C4C2.CC12CC3C4CC5CC3C(C1)C(C5)C4C2. The van der Waals surface area contributed by atoms with Crippen molar-refractivity contribution in [2.75, 3.05) is 0 Å². The molecule has 0 aromatic heterocycles. The van der Waals surface area contributed by atoms with Gasteiger partial charge in [-0.15, -0.1) is 19.3 Å². The van der Waals surface area contributed by atoms with Gasteiger partial charge in [0.25, 0.3) is 0 Å². The van der Waals surface area contributed by atoms with Gasteiger partial charge in [0.05, 0.1) is 0 Å². The Hall–Kier alpha value is -3.66. The molecule has 14 aliphatic carbocycles.